The summed E-state index contributed by atoms with van der Waals surface area (Å²) in [5.41, 5.74) is 1.90. The summed E-state index contributed by atoms with van der Waals surface area (Å²) in [6.07, 6.45) is 0.715. The van der Waals surface area contributed by atoms with Gasteiger partial charge in [-0.15, -0.1) is 11.3 Å². The first-order valence-corrected chi connectivity index (χ1v) is 7.05. The number of rotatable bonds is 4. The van der Waals surface area contributed by atoms with Crippen molar-refractivity contribution in [2.45, 2.75) is 25.9 Å². The molecule has 0 amide bonds. The van der Waals surface area contributed by atoms with Gasteiger partial charge in [0.1, 0.15) is 5.82 Å². The molecule has 0 saturated heterocycles. The van der Waals surface area contributed by atoms with E-state index in [1.54, 1.807) is 6.07 Å². The minimum absolute atomic E-state index is 0.110. The number of benzene rings is 1. The molecule has 0 bridgehead atoms. The first kappa shape index (κ1) is 13.5. The second-order valence-corrected chi connectivity index (χ2v) is 5.49. The molecule has 96 valence electrons. The third-order valence-corrected chi connectivity index (χ3v) is 4.24. The molecule has 1 unspecified atom stereocenters. The molecule has 0 spiro atoms. The quantitative estimate of drug-likeness (QED) is 0.883. The van der Waals surface area contributed by atoms with E-state index in [2.05, 4.69) is 6.92 Å². The topological polar surface area (TPSA) is 20.2 Å². The number of thiophene rings is 1. The Balaban J connectivity index is 2.16. The lowest BCUT2D eigenvalue weighted by Crippen LogP contribution is -2.02. The standard InChI is InChI=1S/C14H14ClFOS/c1-2-10-5-6-18-14(10)13(17)8-9-3-4-11(15)12(16)7-9/h3-7,13,17H,2,8H2,1H3. The van der Waals surface area contributed by atoms with Gasteiger partial charge < -0.3 is 5.11 Å². The van der Waals surface area contributed by atoms with Crippen LogP contribution in [0.1, 0.15) is 29.0 Å². The first-order chi connectivity index (χ1) is 8.61. The minimum Gasteiger partial charge on any atom is -0.387 e. The fourth-order valence-corrected chi connectivity index (χ4v) is 3.02. The molecule has 0 aliphatic carbocycles. The highest BCUT2D eigenvalue weighted by atomic mass is 35.5. The second kappa shape index (κ2) is 5.83. The number of aliphatic hydroxyl groups excluding tert-OH is 1. The molecule has 0 radical (unpaired) electrons. The average Bonchev–Trinajstić information content (AvgIpc) is 2.82. The lowest BCUT2D eigenvalue weighted by atomic mass is 10.0. The molecule has 1 nitrogen and oxygen atoms in total. The second-order valence-electron chi connectivity index (χ2n) is 4.13. The smallest absolute Gasteiger partial charge is 0.142 e. The summed E-state index contributed by atoms with van der Waals surface area (Å²) in [6, 6.07) is 6.67. The molecule has 2 aromatic rings. The molecule has 1 N–H and O–H groups in total. The van der Waals surface area contributed by atoms with E-state index in [9.17, 15) is 9.50 Å². The van der Waals surface area contributed by atoms with Crippen molar-refractivity contribution < 1.29 is 9.50 Å². The number of halogens is 2. The maximum absolute atomic E-state index is 13.3. The van der Waals surface area contributed by atoms with Gasteiger partial charge in [-0.1, -0.05) is 24.6 Å². The summed E-state index contributed by atoms with van der Waals surface area (Å²) in [4.78, 5) is 0.966. The highest BCUT2D eigenvalue weighted by Crippen LogP contribution is 2.28. The number of hydrogen-bond donors (Lipinski definition) is 1. The van der Waals surface area contributed by atoms with Crippen molar-refractivity contribution in [2.24, 2.45) is 0 Å². The van der Waals surface area contributed by atoms with Gasteiger partial charge in [0, 0.05) is 11.3 Å². The summed E-state index contributed by atoms with van der Waals surface area (Å²) in [5, 5.41) is 12.3. The molecule has 1 aromatic heterocycles. The van der Waals surface area contributed by atoms with Crippen LogP contribution in [0.25, 0.3) is 0 Å². The van der Waals surface area contributed by atoms with Crippen molar-refractivity contribution >= 4 is 22.9 Å². The Morgan fingerprint density at radius 2 is 2.17 bits per heavy atom. The van der Waals surface area contributed by atoms with Gasteiger partial charge in [0.25, 0.3) is 0 Å². The van der Waals surface area contributed by atoms with Crippen molar-refractivity contribution in [1.29, 1.82) is 0 Å². The zero-order valence-corrected chi connectivity index (χ0v) is 11.6. The zero-order valence-electron chi connectivity index (χ0n) is 9.99. The predicted molar refractivity (Wildman–Crippen MR) is 73.8 cm³/mol. The van der Waals surface area contributed by atoms with Crippen LogP contribution in [0, 0.1) is 5.82 Å². The monoisotopic (exact) mass is 284 g/mol. The van der Waals surface area contributed by atoms with Crippen LogP contribution >= 0.6 is 22.9 Å². The van der Waals surface area contributed by atoms with Gasteiger partial charge in [0.15, 0.2) is 0 Å². The summed E-state index contributed by atoms with van der Waals surface area (Å²) in [7, 11) is 0. The van der Waals surface area contributed by atoms with Crippen LogP contribution in [0.5, 0.6) is 0 Å². The van der Waals surface area contributed by atoms with E-state index in [0.29, 0.717) is 6.42 Å². The van der Waals surface area contributed by atoms with Gasteiger partial charge in [-0.2, -0.15) is 0 Å². The predicted octanol–water partition coefficient (Wildman–Crippen LogP) is 4.38. The molecule has 1 heterocycles. The Kier molecular flexibility index (Phi) is 4.38. The summed E-state index contributed by atoms with van der Waals surface area (Å²) < 4.78 is 13.3. The van der Waals surface area contributed by atoms with Crippen LogP contribution in [0.3, 0.4) is 0 Å². The maximum Gasteiger partial charge on any atom is 0.142 e. The third kappa shape index (κ3) is 2.91. The van der Waals surface area contributed by atoms with Crippen LogP contribution in [-0.4, -0.2) is 5.11 Å². The minimum atomic E-state index is -0.583. The van der Waals surface area contributed by atoms with Gasteiger partial charge in [0.2, 0.25) is 0 Å². The summed E-state index contributed by atoms with van der Waals surface area (Å²) in [6.45, 7) is 2.06. The number of aryl methyl sites for hydroxylation is 1. The fourth-order valence-electron chi connectivity index (χ4n) is 1.91. The van der Waals surface area contributed by atoms with Crippen LogP contribution in [0.4, 0.5) is 4.39 Å². The zero-order chi connectivity index (χ0) is 13.1. The van der Waals surface area contributed by atoms with E-state index >= 15 is 0 Å². The fraction of sp³-hybridized carbons (Fsp3) is 0.286. The van der Waals surface area contributed by atoms with Crippen molar-refractivity contribution in [3.05, 3.63) is 56.5 Å². The molecule has 0 saturated carbocycles. The molecule has 1 aromatic carbocycles. The van der Waals surface area contributed by atoms with E-state index < -0.39 is 11.9 Å². The van der Waals surface area contributed by atoms with E-state index in [0.717, 1.165) is 22.4 Å². The normalized spacial score (nSPS) is 12.7. The lowest BCUT2D eigenvalue weighted by molar-refractivity contribution is 0.181. The highest BCUT2D eigenvalue weighted by Gasteiger charge is 2.14. The van der Waals surface area contributed by atoms with Crippen molar-refractivity contribution in [2.75, 3.05) is 0 Å². The largest absolute Gasteiger partial charge is 0.387 e. The molecule has 0 aliphatic heterocycles. The van der Waals surface area contributed by atoms with Crippen LogP contribution in [0.2, 0.25) is 5.02 Å². The highest BCUT2D eigenvalue weighted by molar-refractivity contribution is 7.10. The molecular weight excluding hydrogens is 271 g/mol. The molecule has 0 fully saturated rings. The molecule has 0 aliphatic rings. The molecule has 4 heteroatoms. The van der Waals surface area contributed by atoms with Gasteiger partial charge in [-0.05, 0) is 41.1 Å². The van der Waals surface area contributed by atoms with E-state index in [1.165, 1.54) is 23.5 Å². The Morgan fingerprint density at radius 1 is 1.39 bits per heavy atom. The van der Waals surface area contributed by atoms with E-state index in [1.807, 2.05) is 11.4 Å². The molecule has 1 atom stereocenters. The van der Waals surface area contributed by atoms with E-state index in [-0.39, 0.29) is 5.02 Å². The molecular formula is C14H14ClFOS. The van der Waals surface area contributed by atoms with Gasteiger partial charge in [-0.3, -0.25) is 0 Å². The van der Waals surface area contributed by atoms with E-state index in [4.69, 9.17) is 11.6 Å². The molecule has 2 rings (SSSR count). The summed E-state index contributed by atoms with van der Waals surface area (Å²) >= 11 is 7.17. The van der Waals surface area contributed by atoms with Crippen molar-refractivity contribution in [3.63, 3.8) is 0 Å². The van der Waals surface area contributed by atoms with Crippen molar-refractivity contribution in [1.82, 2.24) is 0 Å². The average molecular weight is 285 g/mol. The van der Waals surface area contributed by atoms with Gasteiger partial charge in [-0.25, -0.2) is 4.39 Å². The third-order valence-electron chi connectivity index (χ3n) is 2.88. The Morgan fingerprint density at radius 3 is 2.83 bits per heavy atom. The maximum atomic E-state index is 13.3. The lowest BCUT2D eigenvalue weighted by Gasteiger charge is -2.11. The number of aliphatic hydroxyl groups is 1. The van der Waals surface area contributed by atoms with Gasteiger partial charge in [0.05, 0.1) is 11.1 Å². The first-order valence-electron chi connectivity index (χ1n) is 5.80. The Hall–Kier alpha value is -0.900. The van der Waals surface area contributed by atoms with Crippen molar-refractivity contribution in [3.8, 4) is 0 Å². The SMILES string of the molecule is CCc1ccsc1C(O)Cc1ccc(Cl)c(F)c1. The number of hydrogen-bond acceptors (Lipinski definition) is 2. The van der Waals surface area contributed by atoms with Crippen LogP contribution in [0.15, 0.2) is 29.6 Å². The van der Waals surface area contributed by atoms with Gasteiger partial charge >= 0.3 is 0 Å². The van der Waals surface area contributed by atoms with Crippen LogP contribution in [-0.2, 0) is 12.8 Å². The Bertz CT molecular complexity index is 538. The Labute approximate surface area is 115 Å². The summed E-state index contributed by atoms with van der Waals surface area (Å²) in [5.74, 6) is -0.441. The van der Waals surface area contributed by atoms with Crippen LogP contribution < -0.4 is 0 Å². The molecule has 18 heavy (non-hydrogen) atoms.